The number of aryl methyl sites for hydroxylation is 1. The lowest BCUT2D eigenvalue weighted by Crippen LogP contribution is -2.26. The molecule has 1 unspecified atom stereocenters. The fourth-order valence-corrected chi connectivity index (χ4v) is 2.23. The van der Waals surface area contributed by atoms with Gasteiger partial charge in [-0.15, -0.1) is 11.3 Å². The number of hydrogen-bond acceptors (Lipinski definition) is 3. The summed E-state index contributed by atoms with van der Waals surface area (Å²) in [6.45, 7) is 3.88. The summed E-state index contributed by atoms with van der Waals surface area (Å²) >= 11 is 1.64. The molecule has 0 radical (unpaired) electrons. The number of carbonyl (C=O) groups is 1. The number of nitrogens with zero attached hydrogens (tertiary/aromatic N) is 1. The van der Waals surface area contributed by atoms with Gasteiger partial charge in [-0.25, -0.2) is 0 Å². The van der Waals surface area contributed by atoms with E-state index in [4.69, 9.17) is 0 Å². The van der Waals surface area contributed by atoms with Crippen LogP contribution in [0.25, 0.3) is 0 Å². The second-order valence-electron chi connectivity index (χ2n) is 3.90. The Bertz CT molecular complexity index is 491. The van der Waals surface area contributed by atoms with Crippen LogP contribution in [-0.2, 0) is 0 Å². The van der Waals surface area contributed by atoms with E-state index in [1.807, 2.05) is 37.4 Å². The number of carbonyl (C=O) groups excluding carboxylic acids is 1. The van der Waals surface area contributed by atoms with E-state index in [9.17, 15) is 4.79 Å². The van der Waals surface area contributed by atoms with Crippen LogP contribution in [-0.4, -0.2) is 10.9 Å². The molecule has 2 aromatic rings. The van der Waals surface area contributed by atoms with Crippen LogP contribution in [0.4, 0.5) is 0 Å². The first-order valence-electron chi connectivity index (χ1n) is 5.44. The van der Waals surface area contributed by atoms with E-state index in [0.717, 1.165) is 10.6 Å². The number of rotatable bonds is 3. The van der Waals surface area contributed by atoms with E-state index < -0.39 is 0 Å². The van der Waals surface area contributed by atoms with Gasteiger partial charge in [0, 0.05) is 16.8 Å². The third-order valence-electron chi connectivity index (χ3n) is 2.49. The van der Waals surface area contributed by atoms with E-state index in [2.05, 4.69) is 10.3 Å². The molecule has 0 saturated carbocycles. The Hall–Kier alpha value is -1.68. The number of hydrogen-bond donors (Lipinski definition) is 1. The van der Waals surface area contributed by atoms with Crippen LogP contribution < -0.4 is 5.32 Å². The van der Waals surface area contributed by atoms with Gasteiger partial charge in [0.05, 0.1) is 11.6 Å². The average molecular weight is 246 g/mol. The van der Waals surface area contributed by atoms with Gasteiger partial charge >= 0.3 is 0 Å². The van der Waals surface area contributed by atoms with Gasteiger partial charge in [-0.05, 0) is 37.4 Å². The van der Waals surface area contributed by atoms with Gasteiger partial charge < -0.3 is 5.32 Å². The van der Waals surface area contributed by atoms with Crippen molar-refractivity contribution in [1.29, 1.82) is 0 Å². The molecule has 0 fully saturated rings. The second kappa shape index (κ2) is 5.10. The SMILES string of the molecule is Cc1ccc(C(=O)NC(C)c2cccs2)cn1. The van der Waals surface area contributed by atoms with Crippen molar-refractivity contribution in [3.05, 3.63) is 52.0 Å². The van der Waals surface area contributed by atoms with Crippen molar-refractivity contribution in [1.82, 2.24) is 10.3 Å². The smallest absolute Gasteiger partial charge is 0.253 e. The highest BCUT2D eigenvalue weighted by Crippen LogP contribution is 2.18. The molecule has 0 spiro atoms. The van der Waals surface area contributed by atoms with Crippen molar-refractivity contribution in [2.45, 2.75) is 19.9 Å². The zero-order chi connectivity index (χ0) is 12.3. The van der Waals surface area contributed by atoms with Crippen molar-refractivity contribution in [2.75, 3.05) is 0 Å². The lowest BCUT2D eigenvalue weighted by Gasteiger charge is -2.11. The third-order valence-corrected chi connectivity index (χ3v) is 3.55. The Morgan fingerprint density at radius 3 is 2.82 bits per heavy atom. The van der Waals surface area contributed by atoms with Crippen LogP contribution in [0.2, 0.25) is 0 Å². The maximum atomic E-state index is 11.9. The molecule has 2 rings (SSSR count). The number of amides is 1. The lowest BCUT2D eigenvalue weighted by atomic mass is 10.2. The third kappa shape index (κ3) is 2.91. The fourth-order valence-electron chi connectivity index (χ4n) is 1.49. The summed E-state index contributed by atoms with van der Waals surface area (Å²) in [5.41, 5.74) is 1.51. The lowest BCUT2D eigenvalue weighted by molar-refractivity contribution is 0.0940. The van der Waals surface area contributed by atoms with E-state index in [0.29, 0.717) is 5.56 Å². The largest absolute Gasteiger partial charge is 0.345 e. The van der Waals surface area contributed by atoms with Crippen molar-refractivity contribution >= 4 is 17.2 Å². The molecule has 3 nitrogen and oxygen atoms in total. The highest BCUT2D eigenvalue weighted by Gasteiger charge is 2.11. The molecule has 2 aromatic heterocycles. The van der Waals surface area contributed by atoms with Crippen LogP contribution in [0, 0.1) is 6.92 Å². The van der Waals surface area contributed by atoms with Crippen LogP contribution in [0.15, 0.2) is 35.8 Å². The van der Waals surface area contributed by atoms with Gasteiger partial charge in [0.15, 0.2) is 0 Å². The van der Waals surface area contributed by atoms with E-state index in [1.54, 1.807) is 23.6 Å². The number of aromatic nitrogens is 1. The Balaban J connectivity index is 2.04. The minimum absolute atomic E-state index is 0.0313. The average Bonchev–Trinajstić information content (AvgIpc) is 2.83. The molecular weight excluding hydrogens is 232 g/mol. The number of nitrogens with one attached hydrogen (secondary N) is 1. The van der Waals surface area contributed by atoms with E-state index in [1.165, 1.54) is 0 Å². The van der Waals surface area contributed by atoms with Gasteiger partial charge in [-0.2, -0.15) is 0 Å². The van der Waals surface area contributed by atoms with Crippen molar-refractivity contribution in [3.8, 4) is 0 Å². The molecule has 88 valence electrons. The monoisotopic (exact) mass is 246 g/mol. The summed E-state index contributed by atoms with van der Waals surface area (Å²) in [5.74, 6) is -0.0848. The molecule has 1 atom stereocenters. The first-order chi connectivity index (χ1) is 8.16. The van der Waals surface area contributed by atoms with E-state index >= 15 is 0 Å². The second-order valence-corrected chi connectivity index (χ2v) is 4.88. The summed E-state index contributed by atoms with van der Waals surface area (Å²) in [4.78, 5) is 17.2. The zero-order valence-corrected chi connectivity index (χ0v) is 10.6. The molecule has 0 aromatic carbocycles. The van der Waals surface area contributed by atoms with Crippen LogP contribution in [0.3, 0.4) is 0 Å². The topological polar surface area (TPSA) is 42.0 Å². The Kier molecular flexibility index (Phi) is 3.54. The molecule has 1 amide bonds. The van der Waals surface area contributed by atoms with Crippen LogP contribution in [0.5, 0.6) is 0 Å². The molecule has 0 aliphatic carbocycles. The quantitative estimate of drug-likeness (QED) is 0.904. The molecule has 0 bridgehead atoms. The minimum Gasteiger partial charge on any atom is -0.345 e. The van der Waals surface area contributed by atoms with Crippen molar-refractivity contribution in [3.63, 3.8) is 0 Å². The Morgan fingerprint density at radius 2 is 2.24 bits per heavy atom. The van der Waals surface area contributed by atoms with Gasteiger partial charge in [0.1, 0.15) is 0 Å². The zero-order valence-electron chi connectivity index (χ0n) is 9.81. The molecule has 0 aliphatic heterocycles. The standard InChI is InChI=1S/C13H14N2OS/c1-9-5-6-11(8-14-9)13(16)15-10(2)12-4-3-7-17-12/h3-8,10H,1-2H3,(H,15,16). The van der Waals surface area contributed by atoms with Crippen LogP contribution in [0.1, 0.15) is 33.9 Å². The molecule has 17 heavy (non-hydrogen) atoms. The summed E-state index contributed by atoms with van der Waals surface area (Å²) in [6, 6.07) is 7.66. The summed E-state index contributed by atoms with van der Waals surface area (Å²) in [7, 11) is 0. The van der Waals surface area contributed by atoms with Gasteiger partial charge in [-0.1, -0.05) is 6.07 Å². The van der Waals surface area contributed by atoms with Crippen molar-refractivity contribution < 1.29 is 4.79 Å². The highest BCUT2D eigenvalue weighted by atomic mass is 32.1. The molecule has 2 heterocycles. The van der Waals surface area contributed by atoms with Gasteiger partial charge in [-0.3, -0.25) is 9.78 Å². The first-order valence-corrected chi connectivity index (χ1v) is 6.31. The van der Waals surface area contributed by atoms with Gasteiger partial charge in [0.2, 0.25) is 0 Å². The van der Waals surface area contributed by atoms with Gasteiger partial charge in [0.25, 0.3) is 5.91 Å². The highest BCUT2D eigenvalue weighted by molar-refractivity contribution is 7.10. The van der Waals surface area contributed by atoms with E-state index in [-0.39, 0.29) is 11.9 Å². The first kappa shape index (κ1) is 11.8. The Morgan fingerprint density at radius 1 is 1.41 bits per heavy atom. The summed E-state index contributed by atoms with van der Waals surface area (Å²) in [6.07, 6.45) is 1.60. The number of pyridine rings is 1. The molecule has 4 heteroatoms. The normalized spacial score (nSPS) is 12.1. The maximum absolute atomic E-state index is 11.9. The predicted octanol–water partition coefficient (Wildman–Crippen LogP) is 2.94. The van der Waals surface area contributed by atoms with Crippen molar-refractivity contribution in [2.24, 2.45) is 0 Å². The molecule has 0 saturated heterocycles. The predicted molar refractivity (Wildman–Crippen MR) is 69.2 cm³/mol. The molecule has 1 N–H and O–H groups in total. The molecular formula is C13H14N2OS. The Labute approximate surface area is 105 Å². The minimum atomic E-state index is -0.0848. The number of thiophene rings is 1. The summed E-state index contributed by atoms with van der Waals surface area (Å²) < 4.78 is 0. The molecule has 0 aliphatic rings. The van der Waals surface area contributed by atoms with Crippen LogP contribution >= 0.6 is 11.3 Å². The fraction of sp³-hybridized carbons (Fsp3) is 0.231. The maximum Gasteiger partial charge on any atom is 0.253 e. The summed E-state index contributed by atoms with van der Waals surface area (Å²) in [5, 5.41) is 4.95.